The topological polar surface area (TPSA) is 43.1 Å². The third kappa shape index (κ3) is 4.75. The van der Waals surface area contributed by atoms with Crippen molar-refractivity contribution >= 4 is 51.8 Å². The second kappa shape index (κ2) is 8.04. The maximum Gasteiger partial charge on any atom is 0.269 e. The van der Waals surface area contributed by atoms with Crippen LogP contribution in [0.25, 0.3) is 0 Å². The molecule has 24 heavy (non-hydrogen) atoms. The number of rotatable bonds is 5. The summed E-state index contributed by atoms with van der Waals surface area (Å²) in [6, 6.07) is 23.4. The van der Waals surface area contributed by atoms with E-state index in [1.165, 1.54) is 25.5 Å². The minimum atomic E-state index is -0.384. The van der Waals surface area contributed by atoms with Crippen LogP contribution in [0.2, 0.25) is 0 Å². The van der Waals surface area contributed by atoms with Crippen molar-refractivity contribution in [3.05, 3.63) is 86.5 Å². The first-order chi connectivity index (χ1) is 11.6. The summed E-state index contributed by atoms with van der Waals surface area (Å²) in [5.41, 5.74) is 0.114. The first-order valence-electron chi connectivity index (χ1n) is 7.06. The summed E-state index contributed by atoms with van der Waals surface area (Å²) in [5, 5.41) is 10.7. The molecule has 6 heteroatoms. The third-order valence-electron chi connectivity index (χ3n) is 3.16. The minimum absolute atomic E-state index is 0.114. The Morgan fingerprint density at radius 1 is 0.667 bits per heavy atom. The molecule has 3 aromatic rings. The molecule has 3 rings (SSSR count). The average molecular weight is 465 g/mol. The van der Waals surface area contributed by atoms with Crippen LogP contribution >= 0.6 is 46.1 Å². The Kier molecular flexibility index (Phi) is 5.80. The van der Waals surface area contributed by atoms with Crippen molar-refractivity contribution in [1.29, 1.82) is 0 Å². The van der Waals surface area contributed by atoms with E-state index in [1.807, 2.05) is 0 Å². The highest BCUT2D eigenvalue weighted by molar-refractivity contribution is 14.1. The van der Waals surface area contributed by atoms with E-state index in [-0.39, 0.29) is 10.6 Å². The molecule has 0 heterocycles. The van der Waals surface area contributed by atoms with Gasteiger partial charge in [-0.05, 0) is 83.3 Å². The maximum atomic E-state index is 10.7. The number of nitro benzene ring substituents is 1. The molecule has 0 aliphatic carbocycles. The quantitative estimate of drug-likeness (QED) is 0.245. The van der Waals surface area contributed by atoms with Crippen LogP contribution in [-0.2, 0) is 0 Å². The largest absolute Gasteiger partial charge is 0.269 e. The summed E-state index contributed by atoms with van der Waals surface area (Å²) in [5.74, 6) is 0. The molecular formula is C18H12INO2S2. The van der Waals surface area contributed by atoms with E-state index in [0.29, 0.717) is 0 Å². The van der Waals surface area contributed by atoms with Crippen molar-refractivity contribution in [3.8, 4) is 0 Å². The highest BCUT2D eigenvalue weighted by atomic mass is 127. The van der Waals surface area contributed by atoms with Crippen molar-refractivity contribution in [1.82, 2.24) is 0 Å². The number of hydrogen-bond acceptors (Lipinski definition) is 4. The Labute approximate surface area is 162 Å². The van der Waals surface area contributed by atoms with Gasteiger partial charge in [-0.1, -0.05) is 23.5 Å². The van der Waals surface area contributed by atoms with Crippen LogP contribution in [0, 0.1) is 13.7 Å². The van der Waals surface area contributed by atoms with Gasteiger partial charge in [0, 0.05) is 35.3 Å². The molecule has 3 nitrogen and oxygen atoms in total. The van der Waals surface area contributed by atoms with Crippen molar-refractivity contribution < 1.29 is 4.92 Å². The summed E-state index contributed by atoms with van der Waals surface area (Å²) in [7, 11) is 0. The summed E-state index contributed by atoms with van der Waals surface area (Å²) in [4.78, 5) is 14.8. The number of nitro groups is 1. The smallest absolute Gasteiger partial charge is 0.258 e. The van der Waals surface area contributed by atoms with Gasteiger partial charge in [0.25, 0.3) is 5.69 Å². The van der Waals surface area contributed by atoms with E-state index in [9.17, 15) is 10.1 Å². The molecule has 0 fully saturated rings. The van der Waals surface area contributed by atoms with Crippen LogP contribution in [0.5, 0.6) is 0 Å². The second-order valence-corrected chi connectivity index (χ2v) is 8.42. The fourth-order valence-corrected chi connectivity index (χ4v) is 3.98. The molecule has 0 radical (unpaired) electrons. The van der Waals surface area contributed by atoms with Gasteiger partial charge in [-0.3, -0.25) is 10.1 Å². The van der Waals surface area contributed by atoms with Crippen molar-refractivity contribution in [2.45, 2.75) is 19.6 Å². The molecule has 0 unspecified atom stereocenters. The Morgan fingerprint density at radius 3 is 1.38 bits per heavy atom. The normalized spacial score (nSPS) is 10.5. The van der Waals surface area contributed by atoms with Gasteiger partial charge in [0.2, 0.25) is 0 Å². The van der Waals surface area contributed by atoms with Gasteiger partial charge < -0.3 is 0 Å². The van der Waals surface area contributed by atoms with Gasteiger partial charge in [0.1, 0.15) is 0 Å². The van der Waals surface area contributed by atoms with Gasteiger partial charge in [-0.25, -0.2) is 0 Å². The lowest BCUT2D eigenvalue weighted by molar-refractivity contribution is -0.384. The Bertz CT molecular complexity index is 834. The number of benzene rings is 3. The fraction of sp³-hybridized carbons (Fsp3) is 0. The third-order valence-corrected chi connectivity index (χ3v) is 5.91. The number of nitrogens with zero attached hydrogens (tertiary/aromatic N) is 1. The number of halogens is 1. The molecule has 3 aromatic carbocycles. The predicted molar refractivity (Wildman–Crippen MR) is 107 cm³/mol. The lowest BCUT2D eigenvalue weighted by Gasteiger charge is -2.05. The van der Waals surface area contributed by atoms with Crippen molar-refractivity contribution in [2.75, 3.05) is 0 Å². The first kappa shape index (κ1) is 17.3. The standard InChI is InChI=1S/C18H12INO2S2/c19-13-1-5-15(6-2-13)23-17-9-11-18(12-10-17)24-16-7-3-14(4-8-16)20(21)22/h1-12H. The molecule has 0 saturated heterocycles. The highest BCUT2D eigenvalue weighted by Gasteiger charge is 2.05. The Morgan fingerprint density at radius 2 is 1.00 bits per heavy atom. The SMILES string of the molecule is O=[N+]([O-])c1ccc(Sc2ccc(Sc3ccc(I)cc3)cc2)cc1. The zero-order valence-corrected chi connectivity index (χ0v) is 16.2. The molecule has 0 atom stereocenters. The van der Waals surface area contributed by atoms with Crippen LogP contribution in [0.1, 0.15) is 0 Å². The van der Waals surface area contributed by atoms with Crippen LogP contribution < -0.4 is 0 Å². The monoisotopic (exact) mass is 465 g/mol. The molecule has 120 valence electrons. The molecule has 0 spiro atoms. The molecule has 0 amide bonds. The highest BCUT2D eigenvalue weighted by Crippen LogP contribution is 2.33. The lowest BCUT2D eigenvalue weighted by atomic mass is 10.3. The van der Waals surface area contributed by atoms with Gasteiger partial charge in [-0.2, -0.15) is 0 Å². The molecule has 0 aromatic heterocycles. The van der Waals surface area contributed by atoms with E-state index in [0.717, 1.165) is 9.79 Å². The van der Waals surface area contributed by atoms with Crippen LogP contribution in [-0.4, -0.2) is 4.92 Å². The minimum Gasteiger partial charge on any atom is -0.258 e. The van der Waals surface area contributed by atoms with E-state index in [2.05, 4.69) is 71.1 Å². The van der Waals surface area contributed by atoms with Crippen LogP contribution in [0.15, 0.2) is 92.4 Å². The molecule has 0 saturated carbocycles. The number of non-ortho nitro benzene ring substituents is 1. The average Bonchev–Trinajstić information content (AvgIpc) is 2.59. The molecule has 0 bridgehead atoms. The van der Waals surface area contributed by atoms with Crippen molar-refractivity contribution in [3.63, 3.8) is 0 Å². The van der Waals surface area contributed by atoms with Gasteiger partial charge >= 0.3 is 0 Å². The summed E-state index contributed by atoms with van der Waals surface area (Å²) in [6.07, 6.45) is 0. The Balaban J connectivity index is 1.65. The van der Waals surface area contributed by atoms with Crippen molar-refractivity contribution in [2.24, 2.45) is 0 Å². The lowest BCUT2D eigenvalue weighted by Crippen LogP contribution is -1.86. The molecule has 0 aliphatic heterocycles. The zero-order valence-electron chi connectivity index (χ0n) is 12.4. The van der Waals surface area contributed by atoms with Gasteiger partial charge in [-0.15, -0.1) is 0 Å². The van der Waals surface area contributed by atoms with E-state index in [4.69, 9.17) is 0 Å². The maximum absolute atomic E-state index is 10.7. The first-order valence-corrected chi connectivity index (χ1v) is 9.77. The number of hydrogen-bond donors (Lipinski definition) is 0. The fourth-order valence-electron chi connectivity index (χ4n) is 1.99. The molecular weight excluding hydrogens is 453 g/mol. The summed E-state index contributed by atoms with van der Waals surface area (Å²) in [6.45, 7) is 0. The second-order valence-electron chi connectivity index (χ2n) is 4.88. The molecule has 0 N–H and O–H groups in total. The van der Waals surface area contributed by atoms with E-state index >= 15 is 0 Å². The van der Waals surface area contributed by atoms with E-state index < -0.39 is 0 Å². The van der Waals surface area contributed by atoms with Gasteiger partial charge in [0.15, 0.2) is 0 Å². The molecule has 0 aliphatic rings. The zero-order chi connectivity index (χ0) is 16.9. The summed E-state index contributed by atoms with van der Waals surface area (Å²) >= 11 is 5.62. The van der Waals surface area contributed by atoms with Crippen LogP contribution in [0.4, 0.5) is 5.69 Å². The predicted octanol–water partition coefficient (Wildman–Crippen LogP) is 6.50. The van der Waals surface area contributed by atoms with Crippen LogP contribution in [0.3, 0.4) is 0 Å². The summed E-state index contributed by atoms with van der Waals surface area (Å²) < 4.78 is 1.23. The Hall–Kier alpha value is -1.51. The van der Waals surface area contributed by atoms with E-state index in [1.54, 1.807) is 35.7 Å². The van der Waals surface area contributed by atoms with Gasteiger partial charge in [0.05, 0.1) is 4.92 Å².